The van der Waals surface area contributed by atoms with Gasteiger partial charge >= 0.3 is 30.2 Å². The van der Waals surface area contributed by atoms with Crippen LogP contribution in [-0.4, -0.2) is 18.6 Å². The van der Waals surface area contributed by atoms with E-state index in [0.717, 1.165) is 0 Å². The van der Waals surface area contributed by atoms with Crippen LogP contribution in [0.25, 0.3) is 27.1 Å². The summed E-state index contributed by atoms with van der Waals surface area (Å²) in [6.45, 7) is 3.25. The molecule has 0 spiro atoms. The number of rotatable bonds is 3. The van der Waals surface area contributed by atoms with Crippen molar-refractivity contribution in [2.75, 3.05) is 6.61 Å². The van der Waals surface area contributed by atoms with Crippen molar-refractivity contribution in [1.82, 2.24) is 0 Å². The van der Waals surface area contributed by atoms with Crippen LogP contribution in [0, 0.1) is 14.9 Å². The van der Waals surface area contributed by atoms with Crippen LogP contribution in [0.1, 0.15) is 29.0 Å². The minimum absolute atomic E-state index is 0. The third kappa shape index (κ3) is 5.46. The van der Waals surface area contributed by atoms with Crippen molar-refractivity contribution in [3.8, 4) is 0 Å². The summed E-state index contributed by atoms with van der Waals surface area (Å²) in [5, 5.41) is 14.7. The first-order valence-electron chi connectivity index (χ1n) is 9.10. The number of allylic oxidation sites excluding steroid dienone is 1. The van der Waals surface area contributed by atoms with Gasteiger partial charge in [-0.05, 0) is 23.1 Å². The van der Waals surface area contributed by atoms with Crippen LogP contribution in [0.2, 0.25) is 0 Å². The molecule has 2 radical (unpaired) electrons. The van der Waals surface area contributed by atoms with Gasteiger partial charge in [-0.15, -0.1) is 58.5 Å². The standard InChI is InChI=1S/C24H19O.2CH3.2ClH.Si.Zr/c25-13-12-17-15-24(20-9-4-3-8-19(17)20)22-11-5-10-21-18-7-2-1-6-16(18)14-23(21)22;;;;;;/h1-11,14-15,24-25H,12-13H2;2*1H3;2*1H;;/q3*-1;;;;. The van der Waals surface area contributed by atoms with Gasteiger partial charge in [-0.1, -0.05) is 72.3 Å². The fourth-order valence-electron chi connectivity index (χ4n) is 4.31. The minimum atomic E-state index is 0. The maximum atomic E-state index is 9.44. The Kier molecular flexibility index (Phi) is 13.0. The van der Waals surface area contributed by atoms with Gasteiger partial charge in [0.2, 0.25) is 0 Å². The number of hydrogen-bond donors (Lipinski definition) is 1. The Morgan fingerprint density at radius 2 is 1.42 bits per heavy atom. The van der Waals surface area contributed by atoms with E-state index in [4.69, 9.17) is 0 Å². The molecular formula is C26H27Cl2OSiZr-3. The third-order valence-corrected chi connectivity index (χ3v) is 5.42. The van der Waals surface area contributed by atoms with Crippen molar-refractivity contribution in [3.05, 3.63) is 110 Å². The Hall–Kier alpha value is -1.09. The SMILES string of the molecule is Cl.Cl.OCCC1=CC(c2cccc3c2[cH-]c2ccccc23)c2ccccc21.[CH3-].[CH3-].[Si]=[Zr]. The molecule has 1 N–H and O–H groups in total. The van der Waals surface area contributed by atoms with E-state index in [0.29, 0.717) is 6.42 Å². The van der Waals surface area contributed by atoms with Crippen LogP contribution in [0.15, 0.2) is 78.9 Å². The van der Waals surface area contributed by atoms with Crippen LogP contribution in [-0.2, 0) is 23.3 Å². The Labute approximate surface area is 215 Å². The molecule has 1 unspecified atom stereocenters. The van der Waals surface area contributed by atoms with Crippen molar-refractivity contribution in [1.29, 1.82) is 0 Å². The van der Waals surface area contributed by atoms with E-state index in [-0.39, 0.29) is 52.2 Å². The van der Waals surface area contributed by atoms with Crippen LogP contribution < -0.4 is 0 Å². The zero-order valence-corrected chi connectivity index (χ0v) is 22.9. The molecule has 5 rings (SSSR count). The van der Waals surface area contributed by atoms with Gasteiger partial charge in [0, 0.05) is 12.5 Å². The van der Waals surface area contributed by atoms with Crippen LogP contribution in [0.5, 0.6) is 0 Å². The monoisotopic (exact) mass is 543 g/mol. The van der Waals surface area contributed by atoms with Crippen LogP contribution in [0.3, 0.4) is 0 Å². The molecule has 1 nitrogen and oxygen atoms in total. The first kappa shape index (κ1) is 29.9. The molecule has 0 saturated heterocycles. The molecule has 1 aliphatic carbocycles. The number of aliphatic hydroxyl groups is 1. The van der Waals surface area contributed by atoms with E-state index in [2.05, 4.69) is 85.8 Å². The summed E-state index contributed by atoms with van der Waals surface area (Å²) in [7, 11) is 0. The Balaban J connectivity index is 0.00000146. The van der Waals surface area contributed by atoms with Gasteiger partial charge in [0.25, 0.3) is 0 Å². The summed E-state index contributed by atoms with van der Waals surface area (Å²) in [4.78, 5) is 0. The molecule has 4 aromatic rings. The van der Waals surface area contributed by atoms with Crippen LogP contribution in [0.4, 0.5) is 0 Å². The fraction of sp³-hybridized carbons (Fsp3) is 0.115. The van der Waals surface area contributed by atoms with E-state index in [1.165, 1.54) is 67.1 Å². The van der Waals surface area contributed by atoms with E-state index in [1.807, 2.05) is 0 Å². The van der Waals surface area contributed by atoms with Gasteiger partial charge in [-0.2, -0.15) is 0 Å². The Bertz CT molecular complexity index is 1150. The molecule has 0 bridgehead atoms. The van der Waals surface area contributed by atoms with E-state index < -0.39 is 0 Å². The van der Waals surface area contributed by atoms with Gasteiger partial charge < -0.3 is 20.0 Å². The second-order valence-corrected chi connectivity index (χ2v) is 6.77. The topological polar surface area (TPSA) is 20.2 Å². The molecule has 1 aliphatic rings. The first-order chi connectivity index (χ1) is 13.4. The second kappa shape index (κ2) is 13.5. The zero-order valence-electron chi connectivity index (χ0n) is 17.8. The molecular weight excluding hydrogens is 519 g/mol. The zero-order chi connectivity index (χ0) is 18.8. The quantitative estimate of drug-likeness (QED) is 0.217. The molecule has 0 fully saturated rings. The van der Waals surface area contributed by atoms with Crippen molar-refractivity contribution < 1.29 is 28.4 Å². The summed E-state index contributed by atoms with van der Waals surface area (Å²) in [5.41, 5.74) is 5.25. The molecule has 1 atom stereocenters. The van der Waals surface area contributed by atoms with Gasteiger partial charge in [-0.25, -0.2) is 0 Å². The van der Waals surface area contributed by atoms with Crippen molar-refractivity contribution in [3.63, 3.8) is 0 Å². The molecule has 162 valence electrons. The number of fused-ring (bicyclic) bond motifs is 4. The molecule has 4 aromatic carbocycles. The Morgan fingerprint density at radius 3 is 2.16 bits per heavy atom. The van der Waals surface area contributed by atoms with E-state index in [9.17, 15) is 5.11 Å². The van der Waals surface area contributed by atoms with Crippen molar-refractivity contribution in [2.45, 2.75) is 12.3 Å². The summed E-state index contributed by atoms with van der Waals surface area (Å²) in [6.07, 6.45) is 3.06. The number of halogens is 2. The average molecular weight is 546 g/mol. The second-order valence-electron chi connectivity index (χ2n) is 6.77. The van der Waals surface area contributed by atoms with Gasteiger partial charge in [0.1, 0.15) is 0 Å². The molecule has 0 saturated carbocycles. The van der Waals surface area contributed by atoms with Gasteiger partial charge in [0.15, 0.2) is 0 Å². The van der Waals surface area contributed by atoms with Crippen molar-refractivity contribution in [2.24, 2.45) is 0 Å². The average Bonchev–Trinajstić information content (AvgIpc) is 3.29. The van der Waals surface area contributed by atoms with E-state index >= 15 is 0 Å². The number of hydrogen-bond acceptors (Lipinski definition) is 1. The molecule has 31 heavy (non-hydrogen) atoms. The van der Waals surface area contributed by atoms with Gasteiger partial charge in [-0.3, -0.25) is 0 Å². The van der Waals surface area contributed by atoms with Crippen LogP contribution >= 0.6 is 24.8 Å². The first-order valence-corrected chi connectivity index (χ1v) is 13.3. The molecule has 0 aliphatic heterocycles. The van der Waals surface area contributed by atoms with E-state index in [1.54, 1.807) is 0 Å². The molecule has 0 aromatic heterocycles. The summed E-state index contributed by atoms with van der Waals surface area (Å²) >= 11 is 1.36. The summed E-state index contributed by atoms with van der Waals surface area (Å²) in [5.74, 6) is 0.262. The predicted octanol–water partition coefficient (Wildman–Crippen LogP) is 6.98. The predicted molar refractivity (Wildman–Crippen MR) is 138 cm³/mol. The molecule has 5 heteroatoms. The number of benzene rings is 3. The number of aliphatic hydroxyl groups excluding tert-OH is 1. The molecule has 0 heterocycles. The summed E-state index contributed by atoms with van der Waals surface area (Å²) in [6, 6.07) is 26.2. The maximum absolute atomic E-state index is 9.44. The van der Waals surface area contributed by atoms with Crippen molar-refractivity contribution >= 4 is 58.8 Å². The normalized spacial score (nSPS) is 13.3. The fourth-order valence-corrected chi connectivity index (χ4v) is 4.31. The van der Waals surface area contributed by atoms with Gasteiger partial charge in [0.05, 0.1) is 0 Å². The Morgan fingerprint density at radius 1 is 0.806 bits per heavy atom. The third-order valence-electron chi connectivity index (χ3n) is 5.42. The molecule has 0 amide bonds. The summed E-state index contributed by atoms with van der Waals surface area (Å²) < 4.78 is 0.